The van der Waals surface area contributed by atoms with Crippen molar-refractivity contribution in [3.63, 3.8) is 0 Å². The molecule has 0 amide bonds. The van der Waals surface area contributed by atoms with Gasteiger partial charge < -0.3 is 24.4 Å². The van der Waals surface area contributed by atoms with Crippen LogP contribution in [-0.4, -0.2) is 46.5 Å². The first kappa shape index (κ1) is 17.7. The van der Waals surface area contributed by atoms with Gasteiger partial charge in [0.05, 0.1) is 19.8 Å². The van der Waals surface area contributed by atoms with E-state index in [2.05, 4.69) is 0 Å². The molecule has 2 heterocycles. The molecule has 0 spiro atoms. The van der Waals surface area contributed by atoms with E-state index in [1.165, 1.54) is 0 Å². The number of hydrogen-bond donors (Lipinski definition) is 2. The summed E-state index contributed by atoms with van der Waals surface area (Å²) in [5.41, 5.74) is 0.605. The van der Waals surface area contributed by atoms with Gasteiger partial charge in [0.2, 0.25) is 0 Å². The van der Waals surface area contributed by atoms with Gasteiger partial charge in [-0.3, -0.25) is 4.57 Å². The predicted molar refractivity (Wildman–Crippen MR) is 90.2 cm³/mol. The topological polar surface area (TPSA) is 107 Å². The van der Waals surface area contributed by atoms with Crippen molar-refractivity contribution < 1.29 is 34.0 Å². The molecule has 1 aliphatic rings. The number of aromatic hydroxyl groups is 2. The zero-order valence-electron chi connectivity index (χ0n) is 14.4. The van der Waals surface area contributed by atoms with Gasteiger partial charge in [-0.25, -0.2) is 9.59 Å². The molecule has 26 heavy (non-hydrogen) atoms. The van der Waals surface area contributed by atoms with Crippen molar-refractivity contribution in [1.29, 1.82) is 0 Å². The van der Waals surface area contributed by atoms with E-state index in [0.717, 1.165) is 10.1 Å². The van der Waals surface area contributed by atoms with Crippen molar-refractivity contribution in [1.82, 2.24) is 4.57 Å². The van der Waals surface area contributed by atoms with E-state index in [4.69, 9.17) is 14.2 Å². The highest BCUT2D eigenvalue weighted by Crippen LogP contribution is 2.40. The van der Waals surface area contributed by atoms with Crippen LogP contribution in [0.4, 0.5) is 0 Å². The van der Waals surface area contributed by atoms with Crippen LogP contribution in [0.15, 0.2) is 18.2 Å². The summed E-state index contributed by atoms with van der Waals surface area (Å²) in [4.78, 5) is 24.7. The average Bonchev–Trinajstić information content (AvgIpc) is 3.18. The lowest BCUT2D eigenvalue weighted by Gasteiger charge is -2.13. The molecular weight excluding hydrogens is 342 g/mol. The second-order valence-electron chi connectivity index (χ2n) is 5.56. The summed E-state index contributed by atoms with van der Waals surface area (Å²) in [6.45, 7) is 3.90. The van der Waals surface area contributed by atoms with E-state index in [1.807, 2.05) is 0 Å². The Morgan fingerprint density at radius 1 is 1.08 bits per heavy atom. The van der Waals surface area contributed by atoms with Gasteiger partial charge in [0.25, 0.3) is 0 Å². The molecule has 1 aromatic carbocycles. The number of aromatic nitrogens is 1. The summed E-state index contributed by atoms with van der Waals surface area (Å²) in [6, 6.07) is 5.05. The molecule has 0 aliphatic carbocycles. The number of hydrogen-bond acceptors (Lipinski definition) is 7. The Hall–Kier alpha value is -3.16. The average molecular weight is 361 g/mol. The summed E-state index contributed by atoms with van der Waals surface area (Å²) >= 11 is 0. The molecule has 0 saturated carbocycles. The van der Waals surface area contributed by atoms with Crippen LogP contribution in [0.25, 0.3) is 5.69 Å². The van der Waals surface area contributed by atoms with Gasteiger partial charge in [-0.2, -0.15) is 0 Å². The van der Waals surface area contributed by atoms with E-state index >= 15 is 0 Å². The lowest BCUT2D eigenvalue weighted by atomic mass is 10.1. The maximum atomic E-state index is 12.3. The maximum absolute atomic E-state index is 12.3. The summed E-state index contributed by atoms with van der Waals surface area (Å²) in [5.74, 6) is -2.49. The summed E-state index contributed by atoms with van der Waals surface area (Å²) < 4.78 is 16.5. The van der Waals surface area contributed by atoms with Crippen LogP contribution in [0.1, 0.15) is 40.4 Å². The van der Waals surface area contributed by atoms with Gasteiger partial charge in [0, 0.05) is 12.1 Å². The fraction of sp³-hybridized carbons (Fsp3) is 0.333. The van der Waals surface area contributed by atoms with Gasteiger partial charge in [0.15, 0.2) is 22.9 Å². The van der Waals surface area contributed by atoms with Crippen molar-refractivity contribution in [3.05, 3.63) is 35.2 Å². The van der Waals surface area contributed by atoms with Crippen LogP contribution >= 0.6 is 0 Å². The third-order valence-corrected chi connectivity index (χ3v) is 3.99. The smallest absolute Gasteiger partial charge is 0.359 e. The molecule has 2 aromatic rings. The van der Waals surface area contributed by atoms with Gasteiger partial charge in [-0.1, -0.05) is 0 Å². The lowest BCUT2D eigenvalue weighted by molar-refractivity contribution is 0.0507. The highest BCUT2D eigenvalue weighted by molar-refractivity contribution is 6.00. The van der Waals surface area contributed by atoms with Gasteiger partial charge in [0.1, 0.15) is 5.75 Å². The van der Waals surface area contributed by atoms with Crippen molar-refractivity contribution in [2.75, 3.05) is 19.8 Å². The SMILES string of the molecule is CCOC(=O)c1c(O)c(O)c(C(=O)OCC)n1-c1ccc2c(c1)CCO2. The molecular formula is C18H19NO7. The molecule has 0 fully saturated rings. The summed E-state index contributed by atoms with van der Waals surface area (Å²) in [6.07, 6.45) is 0.673. The number of benzene rings is 1. The second kappa shape index (κ2) is 6.99. The maximum Gasteiger partial charge on any atom is 0.359 e. The number of nitrogens with zero attached hydrogens (tertiary/aromatic N) is 1. The van der Waals surface area contributed by atoms with Crippen molar-refractivity contribution in [2.24, 2.45) is 0 Å². The summed E-state index contributed by atoms with van der Waals surface area (Å²) in [7, 11) is 0. The molecule has 0 bridgehead atoms. The Labute approximate surface area is 149 Å². The number of esters is 2. The fourth-order valence-corrected chi connectivity index (χ4v) is 2.89. The largest absolute Gasteiger partial charge is 0.503 e. The summed E-state index contributed by atoms with van der Waals surface area (Å²) in [5, 5.41) is 20.5. The van der Waals surface area contributed by atoms with Crippen LogP contribution in [0.5, 0.6) is 17.2 Å². The number of fused-ring (bicyclic) bond motifs is 1. The third-order valence-electron chi connectivity index (χ3n) is 3.99. The number of ether oxygens (including phenoxy) is 3. The van der Waals surface area contributed by atoms with E-state index < -0.39 is 23.4 Å². The van der Waals surface area contributed by atoms with Gasteiger partial charge in [-0.15, -0.1) is 0 Å². The standard InChI is InChI=1S/C18H19NO7/c1-3-24-17(22)13-15(20)16(21)14(18(23)25-4-2)19(13)11-5-6-12-10(9-11)7-8-26-12/h5-6,9,20-21H,3-4,7-8H2,1-2H3. The Bertz CT molecular complexity index is 827. The molecule has 8 nitrogen and oxygen atoms in total. The monoisotopic (exact) mass is 361 g/mol. The molecule has 1 aromatic heterocycles. The first-order valence-corrected chi connectivity index (χ1v) is 8.26. The van der Waals surface area contributed by atoms with E-state index in [-0.39, 0.29) is 24.6 Å². The van der Waals surface area contributed by atoms with Crippen LogP contribution < -0.4 is 4.74 Å². The minimum Gasteiger partial charge on any atom is -0.503 e. The molecule has 8 heteroatoms. The minimum absolute atomic E-state index is 0.0665. The Morgan fingerprint density at radius 2 is 1.65 bits per heavy atom. The zero-order chi connectivity index (χ0) is 18.8. The van der Waals surface area contributed by atoms with E-state index in [1.54, 1.807) is 32.0 Å². The number of carbonyl (C=O) groups is 2. The highest BCUT2D eigenvalue weighted by atomic mass is 16.5. The van der Waals surface area contributed by atoms with Crippen LogP contribution in [0.2, 0.25) is 0 Å². The van der Waals surface area contributed by atoms with Crippen LogP contribution in [-0.2, 0) is 15.9 Å². The molecule has 1 aliphatic heterocycles. The van der Waals surface area contributed by atoms with E-state index in [9.17, 15) is 19.8 Å². The normalized spacial score (nSPS) is 12.4. The van der Waals surface area contributed by atoms with Gasteiger partial charge in [-0.05, 0) is 37.6 Å². The van der Waals surface area contributed by atoms with Crippen molar-refractivity contribution in [2.45, 2.75) is 20.3 Å². The van der Waals surface area contributed by atoms with Crippen LogP contribution in [0, 0.1) is 0 Å². The fourth-order valence-electron chi connectivity index (χ4n) is 2.89. The lowest BCUT2D eigenvalue weighted by Crippen LogP contribution is -2.17. The Morgan fingerprint density at radius 3 is 2.19 bits per heavy atom. The Kier molecular flexibility index (Phi) is 4.75. The molecule has 0 radical (unpaired) electrons. The quantitative estimate of drug-likeness (QED) is 0.786. The highest BCUT2D eigenvalue weighted by Gasteiger charge is 2.33. The molecule has 0 saturated heterocycles. The first-order valence-electron chi connectivity index (χ1n) is 8.26. The van der Waals surface area contributed by atoms with Gasteiger partial charge >= 0.3 is 11.9 Å². The molecule has 138 valence electrons. The zero-order valence-corrected chi connectivity index (χ0v) is 14.4. The van der Waals surface area contributed by atoms with Crippen molar-refractivity contribution in [3.8, 4) is 22.9 Å². The first-order chi connectivity index (χ1) is 12.5. The second-order valence-corrected chi connectivity index (χ2v) is 5.56. The molecule has 0 atom stereocenters. The predicted octanol–water partition coefficient (Wildman–Crippen LogP) is 2.18. The number of carbonyl (C=O) groups excluding carboxylic acids is 2. The van der Waals surface area contributed by atoms with Crippen molar-refractivity contribution >= 4 is 11.9 Å². The molecule has 3 rings (SSSR count). The molecule has 2 N–H and O–H groups in total. The van der Waals surface area contributed by atoms with E-state index in [0.29, 0.717) is 24.5 Å². The minimum atomic E-state index is -0.868. The Balaban J connectivity index is 2.24. The number of rotatable bonds is 5. The van der Waals surface area contributed by atoms with Crippen LogP contribution in [0.3, 0.4) is 0 Å². The third kappa shape index (κ3) is 2.83. The molecule has 0 unspecified atom stereocenters.